The van der Waals surface area contributed by atoms with Gasteiger partial charge in [0.2, 0.25) is 5.91 Å². The summed E-state index contributed by atoms with van der Waals surface area (Å²) >= 11 is 1.07. The number of nitrogens with one attached hydrogen (secondary N) is 1. The van der Waals surface area contributed by atoms with Crippen molar-refractivity contribution in [1.82, 2.24) is 4.31 Å². The van der Waals surface area contributed by atoms with Crippen molar-refractivity contribution in [3.05, 3.63) is 53.6 Å². The summed E-state index contributed by atoms with van der Waals surface area (Å²) in [4.78, 5) is 36.8. The Labute approximate surface area is 179 Å². The molecular weight excluding hydrogens is 408 g/mol. The van der Waals surface area contributed by atoms with Crippen LogP contribution in [0.3, 0.4) is 0 Å². The molecule has 0 radical (unpaired) electrons. The molecule has 0 aliphatic heterocycles. The number of ether oxygens (including phenoxy) is 1. The lowest BCUT2D eigenvalue weighted by atomic mass is 10.2. The van der Waals surface area contributed by atoms with Crippen molar-refractivity contribution < 1.29 is 29.3 Å². The van der Waals surface area contributed by atoms with Crippen LogP contribution in [0, 0.1) is 6.92 Å². The van der Waals surface area contributed by atoms with Crippen molar-refractivity contribution in [2.45, 2.75) is 38.2 Å². The second-order valence-electron chi connectivity index (χ2n) is 7.51. The summed E-state index contributed by atoms with van der Waals surface area (Å²) in [7, 11) is 0. The van der Waals surface area contributed by atoms with Crippen LogP contribution in [-0.2, 0) is 9.53 Å². The largest absolute Gasteiger partial charge is 0.507 e. The molecule has 0 aliphatic rings. The van der Waals surface area contributed by atoms with E-state index in [0.717, 1.165) is 28.5 Å². The number of hydrogen-bond acceptors (Lipinski definition) is 6. The molecule has 2 aromatic rings. The van der Waals surface area contributed by atoms with Crippen LogP contribution in [0.1, 0.15) is 36.7 Å². The minimum atomic E-state index is -1.28. The number of carboxylic acid groups (broad SMARTS) is 1. The molecule has 0 unspecified atom stereocenters. The van der Waals surface area contributed by atoms with E-state index < -0.39 is 29.3 Å². The van der Waals surface area contributed by atoms with Crippen molar-refractivity contribution >= 4 is 35.6 Å². The van der Waals surface area contributed by atoms with Crippen LogP contribution in [0.4, 0.5) is 10.5 Å². The Morgan fingerprint density at radius 2 is 1.73 bits per heavy atom. The number of benzene rings is 2. The first kappa shape index (κ1) is 23.1. The fourth-order valence-electron chi connectivity index (χ4n) is 2.29. The van der Waals surface area contributed by atoms with Gasteiger partial charge in [-0.05, 0) is 63.9 Å². The van der Waals surface area contributed by atoms with Gasteiger partial charge >= 0.3 is 12.1 Å². The lowest BCUT2D eigenvalue weighted by Gasteiger charge is -2.26. The average Bonchev–Trinajstić information content (AvgIpc) is 2.61. The number of nitrogens with zero attached hydrogens (tertiary/aromatic N) is 1. The summed E-state index contributed by atoms with van der Waals surface area (Å²) < 4.78 is 6.58. The second-order valence-corrected chi connectivity index (χ2v) is 8.60. The third kappa shape index (κ3) is 7.00. The van der Waals surface area contributed by atoms with Gasteiger partial charge in [-0.25, -0.2) is 13.9 Å². The molecule has 2 amide bonds. The van der Waals surface area contributed by atoms with Gasteiger partial charge in [-0.2, -0.15) is 0 Å². The molecule has 9 heteroatoms. The van der Waals surface area contributed by atoms with E-state index in [1.165, 1.54) is 16.4 Å². The highest BCUT2D eigenvalue weighted by molar-refractivity contribution is 7.97. The monoisotopic (exact) mass is 432 g/mol. The summed E-state index contributed by atoms with van der Waals surface area (Å²) in [5.74, 6) is -2.29. The van der Waals surface area contributed by atoms with E-state index in [9.17, 15) is 19.5 Å². The third-order valence-corrected chi connectivity index (χ3v) is 4.61. The maximum atomic E-state index is 12.6. The van der Waals surface area contributed by atoms with Crippen LogP contribution in [0.5, 0.6) is 5.75 Å². The molecule has 0 bridgehead atoms. The Morgan fingerprint density at radius 3 is 2.27 bits per heavy atom. The molecule has 0 saturated heterocycles. The molecule has 0 atom stereocenters. The van der Waals surface area contributed by atoms with E-state index >= 15 is 0 Å². The molecule has 0 aromatic heterocycles. The number of carbonyl (C=O) groups excluding carboxylic acids is 2. The van der Waals surface area contributed by atoms with Crippen LogP contribution >= 0.6 is 11.9 Å². The summed E-state index contributed by atoms with van der Waals surface area (Å²) in [6.07, 6.45) is -0.674. The first-order chi connectivity index (χ1) is 13.9. The quantitative estimate of drug-likeness (QED) is 0.583. The molecule has 8 nitrogen and oxygen atoms in total. The summed E-state index contributed by atoms with van der Waals surface area (Å²) in [5, 5.41) is 21.3. The van der Waals surface area contributed by atoms with Gasteiger partial charge in [-0.3, -0.25) is 4.79 Å². The van der Waals surface area contributed by atoms with E-state index in [1.54, 1.807) is 20.8 Å². The minimum absolute atomic E-state index is 0.201. The van der Waals surface area contributed by atoms with E-state index in [1.807, 2.05) is 31.2 Å². The first-order valence-corrected chi connectivity index (χ1v) is 9.83. The van der Waals surface area contributed by atoms with E-state index in [0.29, 0.717) is 0 Å². The Kier molecular flexibility index (Phi) is 7.33. The number of aryl methyl sites for hydroxylation is 1. The van der Waals surface area contributed by atoms with Gasteiger partial charge in [0, 0.05) is 16.6 Å². The smallest absolute Gasteiger partial charge is 0.421 e. The number of aromatic hydroxyl groups is 1. The van der Waals surface area contributed by atoms with Gasteiger partial charge < -0.3 is 20.3 Å². The first-order valence-electron chi connectivity index (χ1n) is 9.06. The number of carboxylic acids is 1. The number of anilines is 1. The summed E-state index contributed by atoms with van der Waals surface area (Å²) in [6.45, 7) is 6.80. The number of phenols is 1. The zero-order valence-electron chi connectivity index (χ0n) is 17.1. The van der Waals surface area contributed by atoms with E-state index in [2.05, 4.69) is 5.32 Å². The Hall–Kier alpha value is -3.20. The molecule has 0 heterocycles. The summed E-state index contributed by atoms with van der Waals surface area (Å²) in [6, 6.07) is 11.1. The predicted molar refractivity (Wildman–Crippen MR) is 114 cm³/mol. The second kappa shape index (κ2) is 9.53. The van der Waals surface area contributed by atoms with Gasteiger partial charge in [0.1, 0.15) is 23.5 Å². The third-order valence-electron chi connectivity index (χ3n) is 3.63. The number of carbonyl (C=O) groups is 3. The van der Waals surface area contributed by atoms with Crippen LogP contribution < -0.4 is 5.32 Å². The fourth-order valence-corrected chi connectivity index (χ4v) is 3.10. The topological polar surface area (TPSA) is 116 Å². The van der Waals surface area contributed by atoms with Gasteiger partial charge in [-0.15, -0.1) is 0 Å². The Bertz CT molecular complexity index is 938. The maximum absolute atomic E-state index is 12.6. The number of hydrogen-bond donors (Lipinski definition) is 3. The number of aromatic carboxylic acids is 1. The van der Waals surface area contributed by atoms with E-state index in [4.69, 9.17) is 9.84 Å². The fraction of sp³-hybridized carbons (Fsp3) is 0.286. The zero-order chi connectivity index (χ0) is 22.5. The maximum Gasteiger partial charge on any atom is 0.421 e. The highest BCUT2D eigenvalue weighted by atomic mass is 32.2. The van der Waals surface area contributed by atoms with Crippen molar-refractivity contribution in [2.75, 3.05) is 11.9 Å². The molecule has 160 valence electrons. The minimum Gasteiger partial charge on any atom is -0.507 e. The van der Waals surface area contributed by atoms with E-state index in [-0.39, 0.29) is 17.8 Å². The number of amides is 2. The van der Waals surface area contributed by atoms with Gasteiger partial charge in [0.05, 0.1) is 0 Å². The Balaban J connectivity index is 2.14. The SMILES string of the molecule is Cc1ccc(SN(CC(=O)Nc2ccc(C(=O)O)c(O)c2)C(=O)OC(C)(C)C)cc1. The van der Waals surface area contributed by atoms with Crippen LogP contribution in [-0.4, -0.2) is 44.6 Å². The molecule has 0 saturated carbocycles. The summed E-state index contributed by atoms with van der Waals surface area (Å²) in [5.41, 5.74) is 0.244. The standard InChI is InChI=1S/C21H24N2O6S/c1-13-5-8-15(9-6-13)30-23(20(28)29-21(2,3)4)12-18(25)22-14-7-10-16(19(26)27)17(24)11-14/h5-11,24H,12H2,1-4H3,(H,22,25)(H,26,27). The van der Waals surface area contributed by atoms with Crippen LogP contribution in [0.25, 0.3) is 0 Å². The highest BCUT2D eigenvalue weighted by Gasteiger charge is 2.25. The van der Waals surface area contributed by atoms with Gasteiger partial charge in [0.15, 0.2) is 0 Å². The molecular formula is C21H24N2O6S. The lowest BCUT2D eigenvalue weighted by Crippen LogP contribution is -2.37. The molecule has 0 fully saturated rings. The molecule has 2 aromatic carbocycles. The van der Waals surface area contributed by atoms with Crippen molar-refractivity contribution in [3.8, 4) is 5.75 Å². The van der Waals surface area contributed by atoms with Crippen molar-refractivity contribution in [2.24, 2.45) is 0 Å². The average molecular weight is 432 g/mol. The molecule has 0 spiro atoms. The predicted octanol–water partition coefficient (Wildman–Crippen LogP) is 4.28. The molecule has 0 aliphatic carbocycles. The zero-order valence-corrected chi connectivity index (χ0v) is 17.9. The lowest BCUT2D eigenvalue weighted by molar-refractivity contribution is -0.116. The highest BCUT2D eigenvalue weighted by Crippen LogP contribution is 2.26. The van der Waals surface area contributed by atoms with Crippen LogP contribution in [0.2, 0.25) is 0 Å². The van der Waals surface area contributed by atoms with Crippen LogP contribution in [0.15, 0.2) is 47.4 Å². The number of rotatable bonds is 6. The Morgan fingerprint density at radius 1 is 1.10 bits per heavy atom. The van der Waals surface area contributed by atoms with Gasteiger partial charge in [0.25, 0.3) is 0 Å². The van der Waals surface area contributed by atoms with Crippen molar-refractivity contribution in [1.29, 1.82) is 0 Å². The molecule has 30 heavy (non-hydrogen) atoms. The van der Waals surface area contributed by atoms with Crippen molar-refractivity contribution in [3.63, 3.8) is 0 Å². The normalized spacial score (nSPS) is 10.9. The molecule has 3 N–H and O–H groups in total. The van der Waals surface area contributed by atoms with Gasteiger partial charge in [-0.1, -0.05) is 17.7 Å². The molecule has 2 rings (SSSR count).